The minimum absolute atomic E-state index is 0.164. The molecule has 0 saturated carbocycles. The van der Waals surface area contributed by atoms with Crippen molar-refractivity contribution in [2.45, 2.75) is 26.9 Å². The molecule has 1 atom stereocenters. The molecule has 0 radical (unpaired) electrons. The van der Waals surface area contributed by atoms with Crippen LogP contribution in [0.1, 0.15) is 19.4 Å². The van der Waals surface area contributed by atoms with Gasteiger partial charge in [0, 0.05) is 32.0 Å². The summed E-state index contributed by atoms with van der Waals surface area (Å²) in [5, 5.41) is 6.33. The van der Waals surface area contributed by atoms with Crippen LogP contribution in [0.4, 0.5) is 11.8 Å². The van der Waals surface area contributed by atoms with Crippen LogP contribution in [0.3, 0.4) is 0 Å². The van der Waals surface area contributed by atoms with E-state index in [1.807, 2.05) is 27.0 Å². The Bertz CT molecular complexity index is 330. The van der Waals surface area contributed by atoms with E-state index in [1.54, 1.807) is 7.11 Å². The summed E-state index contributed by atoms with van der Waals surface area (Å²) >= 11 is 0. The van der Waals surface area contributed by atoms with Gasteiger partial charge in [0.05, 0.1) is 6.10 Å². The second-order valence-corrected chi connectivity index (χ2v) is 3.68. The maximum absolute atomic E-state index is 5.17. The average molecular weight is 224 g/mol. The number of rotatable bonds is 6. The first-order valence-corrected chi connectivity index (χ1v) is 5.51. The van der Waals surface area contributed by atoms with Crippen molar-refractivity contribution >= 4 is 11.8 Å². The minimum Gasteiger partial charge on any atom is -0.380 e. The van der Waals surface area contributed by atoms with Gasteiger partial charge >= 0.3 is 0 Å². The molecule has 0 saturated heterocycles. The SMILES string of the molecule is CCNc1ncc(C)c(NCC(C)OC)n1. The lowest BCUT2D eigenvalue weighted by Crippen LogP contribution is -2.19. The van der Waals surface area contributed by atoms with E-state index in [1.165, 1.54) is 0 Å². The summed E-state index contributed by atoms with van der Waals surface area (Å²) in [6.07, 6.45) is 1.97. The highest BCUT2D eigenvalue weighted by atomic mass is 16.5. The Hall–Kier alpha value is -1.36. The maximum Gasteiger partial charge on any atom is 0.224 e. The summed E-state index contributed by atoms with van der Waals surface area (Å²) in [5.74, 6) is 1.51. The standard InChI is InChI=1S/C11H20N4O/c1-5-12-11-14-6-8(2)10(15-11)13-7-9(3)16-4/h6,9H,5,7H2,1-4H3,(H2,12,13,14,15). The Morgan fingerprint density at radius 3 is 2.81 bits per heavy atom. The fraction of sp³-hybridized carbons (Fsp3) is 0.636. The quantitative estimate of drug-likeness (QED) is 0.769. The zero-order valence-corrected chi connectivity index (χ0v) is 10.4. The van der Waals surface area contributed by atoms with Crippen molar-refractivity contribution in [2.24, 2.45) is 0 Å². The van der Waals surface area contributed by atoms with E-state index in [-0.39, 0.29) is 6.10 Å². The van der Waals surface area contributed by atoms with E-state index in [0.717, 1.165) is 24.5 Å². The summed E-state index contributed by atoms with van der Waals surface area (Å²) in [6.45, 7) is 7.56. The molecular weight excluding hydrogens is 204 g/mol. The molecule has 1 aromatic rings. The van der Waals surface area contributed by atoms with Gasteiger partial charge in [0.1, 0.15) is 5.82 Å². The molecule has 1 rings (SSSR count). The molecule has 1 unspecified atom stereocenters. The summed E-state index contributed by atoms with van der Waals surface area (Å²) in [4.78, 5) is 8.56. The van der Waals surface area contributed by atoms with E-state index >= 15 is 0 Å². The van der Waals surface area contributed by atoms with Gasteiger partial charge in [-0.25, -0.2) is 4.98 Å². The van der Waals surface area contributed by atoms with Gasteiger partial charge in [0.25, 0.3) is 0 Å². The van der Waals surface area contributed by atoms with Crippen molar-refractivity contribution in [3.05, 3.63) is 11.8 Å². The highest BCUT2D eigenvalue weighted by Crippen LogP contribution is 2.12. The molecule has 2 N–H and O–H groups in total. The number of nitrogens with zero attached hydrogens (tertiary/aromatic N) is 2. The molecule has 90 valence electrons. The predicted molar refractivity (Wildman–Crippen MR) is 65.9 cm³/mol. The fourth-order valence-corrected chi connectivity index (χ4v) is 1.19. The molecule has 0 amide bonds. The first-order valence-electron chi connectivity index (χ1n) is 5.51. The lowest BCUT2D eigenvalue weighted by Gasteiger charge is -2.13. The van der Waals surface area contributed by atoms with Crippen LogP contribution in [0.15, 0.2) is 6.20 Å². The Morgan fingerprint density at radius 1 is 1.44 bits per heavy atom. The number of ether oxygens (including phenoxy) is 1. The Balaban J connectivity index is 2.66. The predicted octanol–water partition coefficient (Wildman–Crippen LogP) is 1.66. The molecule has 0 spiro atoms. The number of hydrogen-bond donors (Lipinski definition) is 2. The van der Waals surface area contributed by atoms with Crippen LogP contribution in [-0.4, -0.2) is 36.3 Å². The normalized spacial score (nSPS) is 12.2. The zero-order chi connectivity index (χ0) is 12.0. The zero-order valence-electron chi connectivity index (χ0n) is 10.4. The Labute approximate surface area is 96.6 Å². The molecule has 5 heteroatoms. The van der Waals surface area contributed by atoms with E-state index in [2.05, 4.69) is 20.6 Å². The second kappa shape index (κ2) is 6.27. The van der Waals surface area contributed by atoms with Crippen LogP contribution < -0.4 is 10.6 Å². The molecule has 0 bridgehead atoms. The summed E-state index contributed by atoms with van der Waals surface area (Å²) in [6, 6.07) is 0. The smallest absolute Gasteiger partial charge is 0.224 e. The first kappa shape index (κ1) is 12.7. The fourth-order valence-electron chi connectivity index (χ4n) is 1.19. The molecule has 1 heterocycles. The minimum atomic E-state index is 0.164. The van der Waals surface area contributed by atoms with Crippen LogP contribution in [0.2, 0.25) is 0 Å². The van der Waals surface area contributed by atoms with E-state index in [9.17, 15) is 0 Å². The number of nitrogens with one attached hydrogen (secondary N) is 2. The van der Waals surface area contributed by atoms with Gasteiger partial charge in [-0.15, -0.1) is 0 Å². The van der Waals surface area contributed by atoms with Gasteiger partial charge in [-0.3, -0.25) is 0 Å². The number of aromatic nitrogens is 2. The molecule has 0 aliphatic carbocycles. The highest BCUT2D eigenvalue weighted by molar-refractivity contribution is 5.46. The molecule has 0 aromatic carbocycles. The van der Waals surface area contributed by atoms with Crippen molar-refractivity contribution in [1.29, 1.82) is 0 Å². The van der Waals surface area contributed by atoms with Crippen molar-refractivity contribution in [1.82, 2.24) is 9.97 Å². The van der Waals surface area contributed by atoms with Crippen molar-refractivity contribution < 1.29 is 4.74 Å². The van der Waals surface area contributed by atoms with Crippen LogP contribution in [0.25, 0.3) is 0 Å². The number of hydrogen-bond acceptors (Lipinski definition) is 5. The van der Waals surface area contributed by atoms with Gasteiger partial charge in [-0.1, -0.05) is 0 Å². The largest absolute Gasteiger partial charge is 0.380 e. The topological polar surface area (TPSA) is 59.1 Å². The molecule has 0 fully saturated rings. The van der Waals surface area contributed by atoms with Crippen molar-refractivity contribution in [3.8, 4) is 0 Å². The van der Waals surface area contributed by atoms with E-state index < -0.39 is 0 Å². The van der Waals surface area contributed by atoms with Gasteiger partial charge in [-0.2, -0.15) is 4.98 Å². The Kier molecular flexibility index (Phi) is 4.98. The first-order chi connectivity index (χ1) is 7.67. The monoisotopic (exact) mass is 224 g/mol. The summed E-state index contributed by atoms with van der Waals surface area (Å²) in [7, 11) is 1.70. The molecule has 0 aliphatic rings. The van der Waals surface area contributed by atoms with Crippen LogP contribution in [0.5, 0.6) is 0 Å². The molecule has 0 aliphatic heterocycles. The summed E-state index contributed by atoms with van der Waals surface area (Å²) in [5.41, 5.74) is 1.03. The molecule has 5 nitrogen and oxygen atoms in total. The van der Waals surface area contributed by atoms with Crippen molar-refractivity contribution in [2.75, 3.05) is 30.8 Å². The third-order valence-corrected chi connectivity index (χ3v) is 2.27. The van der Waals surface area contributed by atoms with Crippen LogP contribution in [-0.2, 0) is 4.74 Å². The third kappa shape index (κ3) is 3.66. The third-order valence-electron chi connectivity index (χ3n) is 2.27. The summed E-state index contributed by atoms with van der Waals surface area (Å²) < 4.78 is 5.17. The van der Waals surface area contributed by atoms with E-state index in [0.29, 0.717) is 5.95 Å². The van der Waals surface area contributed by atoms with Gasteiger partial charge < -0.3 is 15.4 Å². The van der Waals surface area contributed by atoms with Crippen LogP contribution in [0, 0.1) is 6.92 Å². The van der Waals surface area contributed by atoms with Crippen LogP contribution >= 0.6 is 0 Å². The van der Waals surface area contributed by atoms with Crippen molar-refractivity contribution in [3.63, 3.8) is 0 Å². The Morgan fingerprint density at radius 2 is 2.19 bits per heavy atom. The molecular formula is C11H20N4O. The van der Waals surface area contributed by atoms with Gasteiger partial charge in [0.2, 0.25) is 5.95 Å². The molecule has 1 aromatic heterocycles. The maximum atomic E-state index is 5.17. The number of aryl methyl sites for hydroxylation is 1. The lowest BCUT2D eigenvalue weighted by molar-refractivity contribution is 0.128. The average Bonchev–Trinajstić information content (AvgIpc) is 2.29. The highest BCUT2D eigenvalue weighted by Gasteiger charge is 2.04. The second-order valence-electron chi connectivity index (χ2n) is 3.68. The number of methoxy groups -OCH3 is 1. The van der Waals surface area contributed by atoms with E-state index in [4.69, 9.17) is 4.74 Å². The molecule has 16 heavy (non-hydrogen) atoms. The number of anilines is 2. The lowest BCUT2D eigenvalue weighted by atomic mass is 10.3. The van der Waals surface area contributed by atoms with Gasteiger partial charge in [0.15, 0.2) is 0 Å². The van der Waals surface area contributed by atoms with Gasteiger partial charge in [-0.05, 0) is 20.8 Å².